The van der Waals surface area contributed by atoms with Crippen LogP contribution in [0.1, 0.15) is 6.42 Å². The molecule has 1 aliphatic rings. The van der Waals surface area contributed by atoms with Crippen LogP contribution in [-0.4, -0.2) is 32.6 Å². The number of hydrogen-bond donors (Lipinski definition) is 1. The molecule has 142 valence electrons. The van der Waals surface area contributed by atoms with Gasteiger partial charge in [-0.2, -0.15) is 0 Å². The van der Waals surface area contributed by atoms with E-state index in [2.05, 4.69) is 5.32 Å². The van der Waals surface area contributed by atoms with Crippen LogP contribution < -0.4 is 19.7 Å². The summed E-state index contributed by atoms with van der Waals surface area (Å²) in [7, 11) is 3.07. The molecule has 6 nitrogen and oxygen atoms in total. The summed E-state index contributed by atoms with van der Waals surface area (Å²) < 4.78 is 10.5. The third-order valence-corrected chi connectivity index (χ3v) is 4.92. The Balaban J connectivity index is 1.77. The third-order valence-electron chi connectivity index (χ3n) is 4.36. The van der Waals surface area contributed by atoms with Gasteiger partial charge in [0.25, 0.3) is 0 Å². The number of nitrogens with one attached hydrogen (secondary N) is 1. The van der Waals surface area contributed by atoms with Gasteiger partial charge in [-0.25, -0.2) is 0 Å². The van der Waals surface area contributed by atoms with Crippen LogP contribution in [0.5, 0.6) is 11.5 Å². The Hall–Kier alpha value is -2.44. The summed E-state index contributed by atoms with van der Waals surface area (Å²) in [6, 6.07) is 9.99. The molecule has 3 rings (SSSR count). The number of anilines is 2. The summed E-state index contributed by atoms with van der Waals surface area (Å²) in [5.41, 5.74) is 1.02. The highest BCUT2D eigenvalue weighted by molar-refractivity contribution is 6.35. The number of ether oxygens (including phenoxy) is 2. The number of benzene rings is 2. The lowest BCUT2D eigenvalue weighted by Crippen LogP contribution is -2.28. The van der Waals surface area contributed by atoms with Gasteiger partial charge in [-0.1, -0.05) is 23.2 Å². The second-order valence-electron chi connectivity index (χ2n) is 6.06. The van der Waals surface area contributed by atoms with Crippen molar-refractivity contribution in [1.29, 1.82) is 0 Å². The first-order valence-electron chi connectivity index (χ1n) is 8.21. The zero-order valence-electron chi connectivity index (χ0n) is 14.8. The van der Waals surface area contributed by atoms with Crippen molar-refractivity contribution in [2.45, 2.75) is 6.42 Å². The molecule has 1 atom stereocenters. The van der Waals surface area contributed by atoms with Gasteiger partial charge in [0.1, 0.15) is 11.5 Å². The van der Waals surface area contributed by atoms with Gasteiger partial charge in [-0.3, -0.25) is 9.59 Å². The maximum absolute atomic E-state index is 12.6. The number of amides is 2. The molecule has 1 fully saturated rings. The Bertz CT molecular complexity index is 888. The van der Waals surface area contributed by atoms with Crippen LogP contribution in [0.3, 0.4) is 0 Å². The predicted octanol–water partition coefficient (Wildman–Crippen LogP) is 4.00. The lowest BCUT2D eigenvalue weighted by atomic mass is 10.1. The van der Waals surface area contributed by atoms with Gasteiger partial charge in [0.15, 0.2) is 0 Å². The van der Waals surface area contributed by atoms with Crippen LogP contribution in [-0.2, 0) is 9.59 Å². The van der Waals surface area contributed by atoms with Crippen LogP contribution in [0.15, 0.2) is 36.4 Å². The molecule has 1 heterocycles. The van der Waals surface area contributed by atoms with E-state index < -0.39 is 5.92 Å². The zero-order valence-corrected chi connectivity index (χ0v) is 16.3. The molecule has 2 aromatic rings. The molecule has 1 saturated heterocycles. The fourth-order valence-corrected chi connectivity index (χ4v) is 3.29. The van der Waals surface area contributed by atoms with Gasteiger partial charge in [0.05, 0.1) is 36.5 Å². The Kier molecular flexibility index (Phi) is 5.77. The van der Waals surface area contributed by atoms with Gasteiger partial charge < -0.3 is 19.7 Å². The first-order chi connectivity index (χ1) is 12.9. The number of methoxy groups -OCH3 is 2. The van der Waals surface area contributed by atoms with E-state index in [0.717, 1.165) is 0 Å². The van der Waals surface area contributed by atoms with Gasteiger partial charge in [-0.05, 0) is 30.3 Å². The van der Waals surface area contributed by atoms with Crippen molar-refractivity contribution in [3.8, 4) is 11.5 Å². The molecule has 2 amide bonds. The highest BCUT2D eigenvalue weighted by Crippen LogP contribution is 2.36. The average molecular weight is 409 g/mol. The highest BCUT2D eigenvalue weighted by Gasteiger charge is 2.36. The standard InChI is InChI=1S/C19H18Cl2N2O4/c1-26-13-4-6-16(17(9-13)27-2)23-10-11(7-18(23)24)19(25)22-15-8-12(20)3-5-14(15)21/h3-6,8-9,11H,7,10H2,1-2H3,(H,22,25)/t11-/m0/s1. The number of hydrogen-bond acceptors (Lipinski definition) is 4. The normalized spacial score (nSPS) is 16.4. The smallest absolute Gasteiger partial charge is 0.229 e. The van der Waals surface area contributed by atoms with Crippen molar-refractivity contribution in [3.63, 3.8) is 0 Å². The minimum atomic E-state index is -0.514. The van der Waals surface area contributed by atoms with E-state index in [1.807, 2.05) is 0 Å². The molecule has 1 N–H and O–H groups in total. The van der Waals surface area contributed by atoms with Crippen molar-refractivity contribution < 1.29 is 19.1 Å². The van der Waals surface area contributed by atoms with E-state index in [4.69, 9.17) is 32.7 Å². The van der Waals surface area contributed by atoms with E-state index in [9.17, 15) is 9.59 Å². The summed E-state index contributed by atoms with van der Waals surface area (Å²) in [4.78, 5) is 26.7. The summed E-state index contributed by atoms with van der Waals surface area (Å²) in [6.07, 6.45) is 0.0964. The molecule has 0 unspecified atom stereocenters. The molecule has 27 heavy (non-hydrogen) atoms. The molecule has 0 radical (unpaired) electrons. The molecule has 8 heteroatoms. The minimum Gasteiger partial charge on any atom is -0.497 e. The van der Waals surface area contributed by atoms with Gasteiger partial charge in [0.2, 0.25) is 11.8 Å². The second kappa shape index (κ2) is 8.06. The fourth-order valence-electron chi connectivity index (χ4n) is 2.95. The summed E-state index contributed by atoms with van der Waals surface area (Å²) in [5.74, 6) is 0.159. The molecular formula is C19H18Cl2N2O4. The predicted molar refractivity (Wildman–Crippen MR) is 105 cm³/mol. The van der Waals surface area contributed by atoms with Crippen LogP contribution >= 0.6 is 23.2 Å². The fraction of sp³-hybridized carbons (Fsp3) is 0.263. The first kappa shape index (κ1) is 19.3. The topological polar surface area (TPSA) is 67.9 Å². The molecular weight excluding hydrogens is 391 g/mol. The van der Waals surface area contributed by atoms with Gasteiger partial charge in [-0.15, -0.1) is 0 Å². The lowest BCUT2D eigenvalue weighted by molar-refractivity contribution is -0.122. The molecule has 0 spiro atoms. The van der Waals surface area contributed by atoms with Crippen LogP contribution in [0, 0.1) is 5.92 Å². The highest BCUT2D eigenvalue weighted by atomic mass is 35.5. The average Bonchev–Trinajstić information content (AvgIpc) is 3.05. The van der Waals surface area contributed by atoms with Crippen molar-refractivity contribution in [2.24, 2.45) is 5.92 Å². The number of rotatable bonds is 5. The molecule has 0 aliphatic carbocycles. The van der Waals surface area contributed by atoms with Crippen LogP contribution in [0.2, 0.25) is 10.0 Å². The first-order valence-corrected chi connectivity index (χ1v) is 8.97. The van der Waals surface area contributed by atoms with E-state index in [1.165, 1.54) is 7.11 Å². The molecule has 0 bridgehead atoms. The Morgan fingerprint density at radius 2 is 1.93 bits per heavy atom. The second-order valence-corrected chi connectivity index (χ2v) is 6.90. The number of nitrogens with zero attached hydrogens (tertiary/aromatic N) is 1. The van der Waals surface area contributed by atoms with Crippen LogP contribution in [0.4, 0.5) is 11.4 Å². The third kappa shape index (κ3) is 4.12. The minimum absolute atomic E-state index is 0.0964. The van der Waals surface area contributed by atoms with E-state index in [0.29, 0.717) is 32.9 Å². The Morgan fingerprint density at radius 3 is 2.63 bits per heavy atom. The van der Waals surface area contributed by atoms with Crippen molar-refractivity contribution >= 4 is 46.4 Å². The number of carbonyl (C=O) groups is 2. The molecule has 0 saturated carbocycles. The molecule has 0 aromatic heterocycles. The van der Waals surface area contributed by atoms with Gasteiger partial charge in [0, 0.05) is 24.1 Å². The summed E-state index contributed by atoms with van der Waals surface area (Å²) in [6.45, 7) is 0.242. The van der Waals surface area contributed by atoms with E-state index >= 15 is 0 Å². The summed E-state index contributed by atoms with van der Waals surface area (Å²) >= 11 is 12.0. The largest absolute Gasteiger partial charge is 0.497 e. The quantitative estimate of drug-likeness (QED) is 0.811. The maximum atomic E-state index is 12.6. The Morgan fingerprint density at radius 1 is 1.15 bits per heavy atom. The number of carbonyl (C=O) groups excluding carboxylic acids is 2. The lowest BCUT2D eigenvalue weighted by Gasteiger charge is -2.20. The van der Waals surface area contributed by atoms with Crippen molar-refractivity contribution in [1.82, 2.24) is 0 Å². The summed E-state index contributed by atoms with van der Waals surface area (Å²) in [5, 5.41) is 3.59. The molecule has 2 aromatic carbocycles. The number of halogens is 2. The van der Waals surface area contributed by atoms with E-state index in [-0.39, 0.29) is 24.8 Å². The van der Waals surface area contributed by atoms with Crippen molar-refractivity contribution in [2.75, 3.05) is 31.0 Å². The Labute approximate surface area is 167 Å². The van der Waals surface area contributed by atoms with Crippen molar-refractivity contribution in [3.05, 3.63) is 46.4 Å². The SMILES string of the molecule is COc1ccc(N2C[C@@H](C(=O)Nc3cc(Cl)ccc3Cl)CC2=O)c(OC)c1. The van der Waals surface area contributed by atoms with E-state index in [1.54, 1.807) is 48.4 Å². The van der Waals surface area contributed by atoms with Gasteiger partial charge >= 0.3 is 0 Å². The molecule has 1 aliphatic heterocycles. The van der Waals surface area contributed by atoms with Crippen LogP contribution in [0.25, 0.3) is 0 Å². The zero-order chi connectivity index (χ0) is 19.6. The monoisotopic (exact) mass is 408 g/mol. The maximum Gasteiger partial charge on any atom is 0.229 e.